The van der Waals surface area contributed by atoms with Gasteiger partial charge in [-0.3, -0.25) is 4.79 Å². The maximum absolute atomic E-state index is 13.5. The Hall–Kier alpha value is -3.05. The minimum atomic E-state index is -0.921. The summed E-state index contributed by atoms with van der Waals surface area (Å²) in [6, 6.07) is 17.9. The molecule has 31 heavy (non-hydrogen) atoms. The molecule has 2 aliphatic rings. The van der Waals surface area contributed by atoms with E-state index in [4.69, 9.17) is 0 Å². The molecule has 158 valence electrons. The molecule has 0 unspecified atom stereocenters. The minimum absolute atomic E-state index is 0.0260. The largest absolute Gasteiger partial charge is 0.388 e. The Morgan fingerprint density at radius 3 is 2.32 bits per heavy atom. The van der Waals surface area contributed by atoms with Crippen molar-refractivity contribution in [2.45, 2.75) is 51.8 Å². The van der Waals surface area contributed by atoms with Crippen LogP contribution in [0.2, 0.25) is 0 Å². The van der Waals surface area contributed by atoms with Crippen molar-refractivity contribution < 1.29 is 9.90 Å². The van der Waals surface area contributed by atoms with E-state index in [1.54, 1.807) is 0 Å². The van der Waals surface area contributed by atoms with Gasteiger partial charge in [-0.05, 0) is 68.4 Å². The van der Waals surface area contributed by atoms with Gasteiger partial charge in [0.15, 0.2) is 0 Å². The standard InChI is InChI=1S/C26H27N3O2/c1-16-7-14-22(28-27-16)18-10-8-17(9-11-18)21-6-4-5-20-15-29(25(30)23(20)21)24(19-12-13-19)26(2,3)31/h4-11,14,19,24,31H,12-13,15H2,1-3H3/t24-/m1/s1. The molecule has 2 aromatic carbocycles. The molecule has 1 saturated carbocycles. The molecule has 1 N–H and O–H groups in total. The van der Waals surface area contributed by atoms with Gasteiger partial charge in [-0.15, -0.1) is 0 Å². The molecule has 1 fully saturated rings. The van der Waals surface area contributed by atoms with Crippen LogP contribution >= 0.6 is 0 Å². The lowest BCUT2D eigenvalue weighted by atomic mass is 9.92. The third kappa shape index (κ3) is 3.63. The molecule has 0 radical (unpaired) electrons. The number of benzene rings is 2. The average molecular weight is 414 g/mol. The van der Waals surface area contributed by atoms with E-state index >= 15 is 0 Å². The maximum atomic E-state index is 13.5. The van der Waals surface area contributed by atoms with E-state index in [1.807, 2.05) is 80.3 Å². The highest BCUT2D eigenvalue weighted by molar-refractivity contribution is 6.04. The summed E-state index contributed by atoms with van der Waals surface area (Å²) < 4.78 is 0. The zero-order valence-corrected chi connectivity index (χ0v) is 18.2. The molecule has 0 spiro atoms. The van der Waals surface area contributed by atoms with Crippen LogP contribution in [-0.2, 0) is 6.54 Å². The Morgan fingerprint density at radius 1 is 1.00 bits per heavy atom. The predicted octanol–water partition coefficient (Wildman–Crippen LogP) is 4.62. The third-order valence-corrected chi connectivity index (χ3v) is 6.38. The second-order valence-corrected chi connectivity index (χ2v) is 9.35. The van der Waals surface area contributed by atoms with Crippen molar-refractivity contribution in [2.24, 2.45) is 5.92 Å². The van der Waals surface area contributed by atoms with Crippen molar-refractivity contribution in [1.29, 1.82) is 0 Å². The van der Waals surface area contributed by atoms with Gasteiger partial charge < -0.3 is 10.0 Å². The fourth-order valence-corrected chi connectivity index (χ4v) is 4.85. The number of aromatic nitrogens is 2. The van der Waals surface area contributed by atoms with Gasteiger partial charge in [0.1, 0.15) is 0 Å². The van der Waals surface area contributed by atoms with Gasteiger partial charge in [-0.1, -0.05) is 42.5 Å². The van der Waals surface area contributed by atoms with E-state index in [0.29, 0.717) is 12.5 Å². The number of aryl methyl sites for hydroxylation is 1. The first-order valence-electron chi connectivity index (χ1n) is 10.9. The summed E-state index contributed by atoms with van der Waals surface area (Å²) in [5.74, 6) is 0.412. The molecule has 0 bridgehead atoms. The van der Waals surface area contributed by atoms with Gasteiger partial charge in [0.2, 0.25) is 0 Å². The highest BCUT2D eigenvalue weighted by Gasteiger charge is 2.48. The summed E-state index contributed by atoms with van der Waals surface area (Å²) >= 11 is 0. The number of hydrogen-bond acceptors (Lipinski definition) is 4. The fraction of sp³-hybridized carbons (Fsp3) is 0.346. The maximum Gasteiger partial charge on any atom is 0.255 e. The highest BCUT2D eigenvalue weighted by Crippen LogP contribution is 2.44. The Labute approximate surface area is 182 Å². The van der Waals surface area contributed by atoms with E-state index in [0.717, 1.165) is 52.0 Å². The average Bonchev–Trinajstić information content (AvgIpc) is 3.51. The van der Waals surface area contributed by atoms with E-state index in [9.17, 15) is 9.90 Å². The summed E-state index contributed by atoms with van der Waals surface area (Å²) in [7, 11) is 0. The van der Waals surface area contributed by atoms with Crippen LogP contribution in [0.25, 0.3) is 22.4 Å². The number of nitrogens with zero attached hydrogens (tertiary/aromatic N) is 3. The summed E-state index contributed by atoms with van der Waals surface area (Å²) in [5.41, 5.74) is 5.53. The van der Waals surface area contributed by atoms with Crippen LogP contribution in [0.1, 0.15) is 48.3 Å². The van der Waals surface area contributed by atoms with E-state index < -0.39 is 5.60 Å². The van der Waals surface area contributed by atoms with Crippen molar-refractivity contribution in [3.05, 3.63) is 71.4 Å². The molecule has 5 heteroatoms. The molecule has 1 aliphatic heterocycles. The lowest BCUT2D eigenvalue weighted by molar-refractivity contribution is -0.0224. The van der Waals surface area contributed by atoms with Crippen LogP contribution in [0.3, 0.4) is 0 Å². The lowest BCUT2D eigenvalue weighted by Gasteiger charge is -2.37. The van der Waals surface area contributed by atoms with Crippen LogP contribution in [0, 0.1) is 12.8 Å². The molecule has 5 rings (SSSR count). The number of fused-ring (bicyclic) bond motifs is 1. The van der Waals surface area contributed by atoms with Crippen LogP contribution in [0.15, 0.2) is 54.6 Å². The van der Waals surface area contributed by atoms with Crippen LogP contribution in [0.5, 0.6) is 0 Å². The fourth-order valence-electron chi connectivity index (χ4n) is 4.85. The molecule has 2 heterocycles. The quantitative estimate of drug-likeness (QED) is 0.663. The predicted molar refractivity (Wildman–Crippen MR) is 120 cm³/mol. The first-order chi connectivity index (χ1) is 14.8. The normalized spacial score (nSPS) is 17.0. The molecule has 1 aliphatic carbocycles. The van der Waals surface area contributed by atoms with Crippen molar-refractivity contribution in [1.82, 2.24) is 15.1 Å². The third-order valence-electron chi connectivity index (χ3n) is 6.38. The Kier molecular flexibility index (Phi) is 4.67. The Morgan fingerprint density at radius 2 is 1.71 bits per heavy atom. The van der Waals surface area contributed by atoms with Crippen LogP contribution < -0.4 is 0 Å². The van der Waals surface area contributed by atoms with Gasteiger partial charge in [-0.2, -0.15) is 10.2 Å². The van der Waals surface area contributed by atoms with Crippen molar-refractivity contribution in [3.8, 4) is 22.4 Å². The van der Waals surface area contributed by atoms with E-state index in [2.05, 4.69) is 10.2 Å². The smallest absolute Gasteiger partial charge is 0.255 e. The summed E-state index contributed by atoms with van der Waals surface area (Å²) in [4.78, 5) is 15.4. The number of carbonyl (C=O) groups is 1. The monoisotopic (exact) mass is 413 g/mol. The number of aliphatic hydroxyl groups is 1. The molecule has 1 amide bonds. The molecule has 0 saturated heterocycles. The van der Waals surface area contributed by atoms with Crippen molar-refractivity contribution in [2.75, 3.05) is 0 Å². The topological polar surface area (TPSA) is 66.3 Å². The van der Waals surface area contributed by atoms with Crippen LogP contribution in [0.4, 0.5) is 0 Å². The second-order valence-electron chi connectivity index (χ2n) is 9.35. The molecular formula is C26H27N3O2. The second kappa shape index (κ2) is 7.27. The number of hydrogen-bond donors (Lipinski definition) is 1. The molecule has 1 aromatic heterocycles. The van der Waals surface area contributed by atoms with Gasteiger partial charge in [-0.25, -0.2) is 0 Å². The molecule has 3 aromatic rings. The first-order valence-corrected chi connectivity index (χ1v) is 10.9. The minimum Gasteiger partial charge on any atom is -0.388 e. The summed E-state index contributed by atoms with van der Waals surface area (Å²) in [6.07, 6.45) is 2.15. The number of carbonyl (C=O) groups excluding carboxylic acids is 1. The number of amides is 1. The number of rotatable bonds is 5. The zero-order chi connectivity index (χ0) is 21.8. The Balaban J connectivity index is 1.48. The lowest BCUT2D eigenvalue weighted by Crippen LogP contribution is -2.51. The van der Waals surface area contributed by atoms with Gasteiger partial charge in [0.25, 0.3) is 5.91 Å². The Bertz CT molecular complexity index is 1130. The summed E-state index contributed by atoms with van der Waals surface area (Å²) in [5, 5.41) is 19.2. The van der Waals surface area contributed by atoms with Crippen LogP contribution in [-0.4, -0.2) is 37.8 Å². The molecular weight excluding hydrogens is 386 g/mol. The molecule has 1 atom stereocenters. The van der Waals surface area contributed by atoms with Crippen molar-refractivity contribution in [3.63, 3.8) is 0 Å². The first kappa shape index (κ1) is 19.9. The van der Waals surface area contributed by atoms with Gasteiger partial charge >= 0.3 is 0 Å². The van der Waals surface area contributed by atoms with Gasteiger partial charge in [0.05, 0.1) is 28.6 Å². The summed E-state index contributed by atoms with van der Waals surface area (Å²) in [6.45, 7) is 6.12. The van der Waals surface area contributed by atoms with Crippen molar-refractivity contribution >= 4 is 5.91 Å². The van der Waals surface area contributed by atoms with Gasteiger partial charge in [0, 0.05) is 12.1 Å². The van der Waals surface area contributed by atoms with E-state index in [-0.39, 0.29) is 11.9 Å². The van der Waals surface area contributed by atoms with E-state index in [1.165, 1.54) is 0 Å². The SMILES string of the molecule is Cc1ccc(-c2ccc(-c3cccc4c3C(=O)N([C@H](C3CC3)C(C)(C)O)C4)cc2)nn1. The zero-order valence-electron chi connectivity index (χ0n) is 18.2. The molecule has 5 nitrogen and oxygen atoms in total. The highest BCUT2D eigenvalue weighted by atomic mass is 16.3.